The number of amides is 1. The first kappa shape index (κ1) is 18.1. The number of furan rings is 1. The Kier molecular flexibility index (Phi) is 5.41. The molecule has 140 valence electrons. The lowest BCUT2D eigenvalue weighted by atomic mass is 10.1. The van der Waals surface area contributed by atoms with Crippen LogP contribution in [0.3, 0.4) is 0 Å². The first-order valence-corrected chi connectivity index (χ1v) is 7.87. The summed E-state index contributed by atoms with van der Waals surface area (Å²) >= 11 is 0. The van der Waals surface area contributed by atoms with E-state index in [0.29, 0.717) is 17.3 Å². The highest BCUT2D eigenvalue weighted by Gasteiger charge is 2.14. The summed E-state index contributed by atoms with van der Waals surface area (Å²) in [4.78, 5) is 16.0. The maximum atomic E-state index is 12.0. The number of nitrogens with one attached hydrogen (secondary N) is 1. The number of nitrogens with zero attached hydrogens (tertiary/aromatic N) is 2. The minimum Gasteiger partial charge on any atom is -0.493 e. The monoisotopic (exact) mass is 371 g/mol. The van der Waals surface area contributed by atoms with Crippen LogP contribution in [0.2, 0.25) is 0 Å². The second-order valence-corrected chi connectivity index (χ2v) is 5.35. The molecule has 0 bridgehead atoms. The first-order valence-electron chi connectivity index (χ1n) is 7.87. The Morgan fingerprint density at radius 3 is 2.81 bits per heavy atom. The van der Waals surface area contributed by atoms with Gasteiger partial charge in [0.2, 0.25) is 5.91 Å². The van der Waals surface area contributed by atoms with E-state index in [4.69, 9.17) is 18.3 Å². The molecule has 0 aliphatic rings. The van der Waals surface area contributed by atoms with Crippen molar-refractivity contribution in [1.29, 1.82) is 0 Å². The molecule has 2 aromatic heterocycles. The van der Waals surface area contributed by atoms with Gasteiger partial charge in [-0.25, -0.2) is 10.4 Å². The molecule has 0 atom stereocenters. The lowest BCUT2D eigenvalue weighted by Crippen LogP contribution is -2.19. The number of hydrazone groups is 1. The van der Waals surface area contributed by atoms with Crippen molar-refractivity contribution in [1.82, 2.24) is 10.4 Å². The van der Waals surface area contributed by atoms with E-state index in [0.717, 1.165) is 5.56 Å². The summed E-state index contributed by atoms with van der Waals surface area (Å²) in [7, 11) is 3.06. The number of methoxy groups -OCH3 is 2. The topological polar surface area (TPSA) is 119 Å². The van der Waals surface area contributed by atoms with Gasteiger partial charge in [0.1, 0.15) is 0 Å². The SMILES string of the molecule is COc1ccc(CC(=O)N/N=C/c2nc(-c3ccco3)oc2O)cc1OC. The van der Waals surface area contributed by atoms with Crippen molar-refractivity contribution in [3.63, 3.8) is 0 Å². The van der Waals surface area contributed by atoms with Gasteiger partial charge in [-0.3, -0.25) is 4.79 Å². The Balaban J connectivity index is 1.61. The van der Waals surface area contributed by atoms with E-state index in [1.165, 1.54) is 26.7 Å². The van der Waals surface area contributed by atoms with Crippen molar-refractivity contribution >= 4 is 12.1 Å². The molecule has 9 nitrogen and oxygen atoms in total. The average molecular weight is 371 g/mol. The van der Waals surface area contributed by atoms with Crippen molar-refractivity contribution in [3.05, 3.63) is 47.9 Å². The van der Waals surface area contributed by atoms with Crippen molar-refractivity contribution in [2.45, 2.75) is 6.42 Å². The Bertz CT molecular complexity index is 946. The predicted molar refractivity (Wildman–Crippen MR) is 94.9 cm³/mol. The zero-order chi connectivity index (χ0) is 19.2. The molecule has 0 saturated carbocycles. The zero-order valence-electron chi connectivity index (χ0n) is 14.6. The van der Waals surface area contributed by atoms with E-state index in [1.807, 2.05) is 0 Å². The zero-order valence-corrected chi connectivity index (χ0v) is 14.6. The van der Waals surface area contributed by atoms with Gasteiger partial charge in [0.05, 0.1) is 33.1 Å². The van der Waals surface area contributed by atoms with Gasteiger partial charge in [-0.15, -0.1) is 0 Å². The van der Waals surface area contributed by atoms with Gasteiger partial charge in [-0.05, 0) is 29.8 Å². The van der Waals surface area contributed by atoms with Gasteiger partial charge >= 0.3 is 5.95 Å². The molecular weight excluding hydrogens is 354 g/mol. The number of carbonyl (C=O) groups excluding carboxylic acids is 1. The molecule has 9 heteroatoms. The minimum absolute atomic E-state index is 0.0628. The molecule has 27 heavy (non-hydrogen) atoms. The smallest absolute Gasteiger partial charge is 0.312 e. The van der Waals surface area contributed by atoms with E-state index in [-0.39, 0.29) is 23.9 Å². The van der Waals surface area contributed by atoms with Crippen molar-refractivity contribution in [3.8, 4) is 29.1 Å². The van der Waals surface area contributed by atoms with E-state index in [9.17, 15) is 9.90 Å². The van der Waals surface area contributed by atoms with Crippen LogP contribution in [0.25, 0.3) is 11.7 Å². The molecule has 1 amide bonds. The maximum absolute atomic E-state index is 12.0. The fourth-order valence-electron chi connectivity index (χ4n) is 2.29. The van der Waals surface area contributed by atoms with E-state index in [2.05, 4.69) is 15.5 Å². The van der Waals surface area contributed by atoms with Gasteiger partial charge in [0.15, 0.2) is 23.0 Å². The molecule has 0 unspecified atom stereocenters. The van der Waals surface area contributed by atoms with Crippen LogP contribution in [0.5, 0.6) is 17.4 Å². The fourth-order valence-corrected chi connectivity index (χ4v) is 2.29. The number of benzene rings is 1. The number of carbonyl (C=O) groups is 1. The Hall–Kier alpha value is -3.75. The quantitative estimate of drug-likeness (QED) is 0.483. The maximum Gasteiger partial charge on any atom is 0.312 e. The number of aromatic hydroxyl groups is 1. The van der Waals surface area contributed by atoms with Crippen LogP contribution >= 0.6 is 0 Å². The molecule has 3 aromatic rings. The standard InChI is InChI=1S/C18H17N3O6/c1-24-13-6-5-11(8-15(13)25-2)9-16(22)21-19-10-12-18(23)27-17(20-12)14-4-3-7-26-14/h3-8,10,23H,9H2,1-2H3,(H,21,22)/b19-10+. The fraction of sp³-hybridized carbons (Fsp3) is 0.167. The largest absolute Gasteiger partial charge is 0.493 e. The number of rotatable bonds is 7. The second-order valence-electron chi connectivity index (χ2n) is 5.35. The number of aromatic nitrogens is 1. The Morgan fingerprint density at radius 2 is 2.11 bits per heavy atom. The third-order valence-corrected chi connectivity index (χ3v) is 3.56. The Labute approximate surface area is 154 Å². The molecule has 2 heterocycles. The van der Waals surface area contributed by atoms with Gasteiger partial charge < -0.3 is 23.4 Å². The molecule has 1 aromatic carbocycles. The summed E-state index contributed by atoms with van der Waals surface area (Å²) < 4.78 is 20.6. The van der Waals surface area contributed by atoms with Crippen LogP contribution in [-0.2, 0) is 11.2 Å². The van der Waals surface area contributed by atoms with Crippen LogP contribution in [0.15, 0.2) is 50.5 Å². The average Bonchev–Trinajstić information content (AvgIpc) is 3.32. The van der Waals surface area contributed by atoms with E-state index in [1.54, 1.807) is 30.3 Å². The number of ether oxygens (including phenoxy) is 2. The van der Waals surface area contributed by atoms with Crippen molar-refractivity contribution in [2.24, 2.45) is 5.10 Å². The lowest BCUT2D eigenvalue weighted by Gasteiger charge is -2.09. The third kappa shape index (κ3) is 4.27. The Morgan fingerprint density at radius 1 is 1.30 bits per heavy atom. The molecule has 0 saturated heterocycles. The van der Waals surface area contributed by atoms with Gasteiger partial charge in [0.25, 0.3) is 5.89 Å². The summed E-state index contributed by atoms with van der Waals surface area (Å²) in [6.07, 6.45) is 2.72. The van der Waals surface area contributed by atoms with Gasteiger partial charge in [0, 0.05) is 0 Å². The summed E-state index contributed by atoms with van der Waals surface area (Å²) in [5.41, 5.74) is 3.15. The van der Waals surface area contributed by atoms with Crippen LogP contribution in [0.4, 0.5) is 0 Å². The number of hydrogen-bond acceptors (Lipinski definition) is 8. The molecular formula is C18H17N3O6. The van der Waals surface area contributed by atoms with Crippen LogP contribution in [0, 0.1) is 0 Å². The van der Waals surface area contributed by atoms with Crippen LogP contribution in [-0.4, -0.2) is 36.4 Å². The minimum atomic E-state index is -0.431. The molecule has 3 rings (SSSR count). The number of hydrogen-bond donors (Lipinski definition) is 2. The van der Waals surface area contributed by atoms with Gasteiger partial charge in [-0.2, -0.15) is 5.10 Å². The summed E-state index contributed by atoms with van der Waals surface area (Å²) in [6.45, 7) is 0. The molecule has 0 aliphatic carbocycles. The van der Waals surface area contributed by atoms with Crippen molar-refractivity contribution in [2.75, 3.05) is 14.2 Å². The lowest BCUT2D eigenvalue weighted by molar-refractivity contribution is -0.120. The van der Waals surface area contributed by atoms with E-state index < -0.39 is 5.95 Å². The summed E-state index contributed by atoms with van der Waals surface area (Å²) in [5, 5.41) is 13.5. The van der Waals surface area contributed by atoms with E-state index >= 15 is 0 Å². The normalized spacial score (nSPS) is 10.9. The summed E-state index contributed by atoms with van der Waals surface area (Å²) in [5.74, 6) is 0.794. The third-order valence-electron chi connectivity index (χ3n) is 3.56. The first-order chi connectivity index (χ1) is 13.1. The van der Waals surface area contributed by atoms with Crippen LogP contribution in [0.1, 0.15) is 11.3 Å². The highest BCUT2D eigenvalue weighted by atomic mass is 16.5. The molecule has 0 radical (unpaired) electrons. The molecule has 0 fully saturated rings. The molecule has 2 N–H and O–H groups in total. The number of oxazole rings is 1. The summed E-state index contributed by atoms with van der Waals surface area (Å²) in [6, 6.07) is 8.48. The molecule has 0 spiro atoms. The highest BCUT2D eigenvalue weighted by molar-refractivity contribution is 5.83. The molecule has 0 aliphatic heterocycles. The highest BCUT2D eigenvalue weighted by Crippen LogP contribution is 2.28. The predicted octanol–water partition coefficient (Wildman–Crippen LogP) is 2.35. The van der Waals surface area contributed by atoms with Gasteiger partial charge in [-0.1, -0.05) is 6.07 Å². The van der Waals surface area contributed by atoms with Crippen molar-refractivity contribution < 1.29 is 28.2 Å². The van der Waals surface area contributed by atoms with Crippen LogP contribution < -0.4 is 14.9 Å². The second kappa shape index (κ2) is 8.09.